The van der Waals surface area contributed by atoms with Crippen LogP contribution in [0.1, 0.15) is 81.5 Å². The average molecular weight is 1190 g/mol. The van der Waals surface area contributed by atoms with Gasteiger partial charge < -0.3 is 60.6 Å². The number of nitrogens with one attached hydrogen (secondary N) is 6. The minimum atomic E-state index is -1.21. The van der Waals surface area contributed by atoms with Gasteiger partial charge in [-0.3, -0.25) is 28.8 Å². The Bertz CT molecular complexity index is 2830. The van der Waals surface area contributed by atoms with E-state index >= 15 is 0 Å². The van der Waals surface area contributed by atoms with Crippen LogP contribution < -0.4 is 31.9 Å². The molecule has 458 valence electrons. The third kappa shape index (κ3) is 25.0. The zero-order chi connectivity index (χ0) is 62.1. The lowest BCUT2D eigenvalue weighted by Crippen LogP contribution is -2.50. The minimum Gasteiger partial charge on any atom is -0.467 e. The number of unbranched alkanes of at least 4 members (excludes halogenated alkanes) is 2. The summed E-state index contributed by atoms with van der Waals surface area (Å²) < 4.78 is 47.5. The number of carbonyl (C=O) groups is 10. The van der Waals surface area contributed by atoms with Gasteiger partial charge in [-0.25, -0.2) is 28.0 Å². The number of halogens is 2. The topological polar surface area (TPSA) is 286 Å². The lowest BCUT2D eigenvalue weighted by Gasteiger charge is -2.25. The van der Waals surface area contributed by atoms with Gasteiger partial charge in [-0.2, -0.15) is 0 Å². The summed E-state index contributed by atoms with van der Waals surface area (Å²) in [6.45, 7) is -2.37. The van der Waals surface area contributed by atoms with Crippen molar-refractivity contribution in [2.75, 3.05) is 66.6 Å². The summed E-state index contributed by atoms with van der Waals surface area (Å²) in [5.41, 5.74) is 2.58. The van der Waals surface area contributed by atoms with Gasteiger partial charge in [-0.05, 0) is 116 Å². The van der Waals surface area contributed by atoms with Crippen LogP contribution in [0.2, 0.25) is 0 Å². The zero-order valence-electron chi connectivity index (χ0n) is 48.0. The highest BCUT2D eigenvalue weighted by Crippen LogP contribution is 2.14. The highest BCUT2D eigenvalue weighted by molar-refractivity contribution is 6.03. The number of alkyl carbamates (subject to hydrolysis) is 2. The van der Waals surface area contributed by atoms with Crippen LogP contribution in [0.3, 0.4) is 0 Å². The van der Waals surface area contributed by atoms with E-state index in [0.29, 0.717) is 36.8 Å². The van der Waals surface area contributed by atoms with Gasteiger partial charge in [0.25, 0.3) is 11.8 Å². The number of hydrogen-bond acceptors (Lipinski definition) is 14. The smallest absolute Gasteiger partial charge is 0.407 e. The molecule has 0 aliphatic rings. The Balaban J connectivity index is 1.28. The molecule has 5 rings (SSSR count). The summed E-state index contributed by atoms with van der Waals surface area (Å²) in [6.07, 6.45) is 0.757. The fourth-order valence-corrected chi connectivity index (χ4v) is 8.49. The van der Waals surface area contributed by atoms with Crippen molar-refractivity contribution in [3.63, 3.8) is 0 Å². The van der Waals surface area contributed by atoms with E-state index in [0.717, 1.165) is 41.2 Å². The van der Waals surface area contributed by atoms with Crippen LogP contribution in [0.5, 0.6) is 0 Å². The second-order valence-corrected chi connectivity index (χ2v) is 19.6. The quantitative estimate of drug-likeness (QED) is 0.0178. The Morgan fingerprint density at radius 1 is 0.419 bits per heavy atom. The zero-order valence-corrected chi connectivity index (χ0v) is 48.0. The van der Waals surface area contributed by atoms with Crippen molar-refractivity contribution in [1.82, 2.24) is 41.7 Å². The van der Waals surface area contributed by atoms with E-state index in [-0.39, 0.29) is 76.2 Å². The first-order valence-electron chi connectivity index (χ1n) is 27.8. The molecule has 86 heavy (non-hydrogen) atoms. The van der Waals surface area contributed by atoms with Crippen molar-refractivity contribution in [1.29, 1.82) is 0 Å². The second-order valence-electron chi connectivity index (χ2n) is 19.6. The molecule has 0 spiro atoms. The predicted octanol–water partition coefficient (Wildman–Crippen LogP) is 5.08. The first-order chi connectivity index (χ1) is 41.5. The molecule has 8 amide bonds. The summed E-state index contributed by atoms with van der Waals surface area (Å²) in [6, 6.07) is 32.0. The van der Waals surface area contributed by atoms with Crippen molar-refractivity contribution in [2.45, 2.75) is 76.7 Å². The molecule has 2 atom stereocenters. The molecule has 0 aliphatic carbocycles. The predicted molar refractivity (Wildman–Crippen MR) is 309 cm³/mol. The number of nitrogens with zero attached hydrogens (tertiary/aromatic N) is 2. The number of hydrogen-bond donors (Lipinski definition) is 6. The molecular formula is C62H72F2N8O14. The number of rotatable bonds is 34. The van der Waals surface area contributed by atoms with Crippen LogP contribution >= 0.6 is 0 Å². The Morgan fingerprint density at radius 3 is 1.16 bits per heavy atom. The molecule has 0 saturated carbocycles. The van der Waals surface area contributed by atoms with Gasteiger partial charge in [0, 0.05) is 37.3 Å². The second kappa shape index (κ2) is 36.8. The fraction of sp³-hybridized carbons (Fsp3) is 0.355. The Hall–Kier alpha value is -9.74. The van der Waals surface area contributed by atoms with E-state index in [2.05, 4.69) is 31.9 Å². The summed E-state index contributed by atoms with van der Waals surface area (Å²) >= 11 is 0. The third-order valence-electron chi connectivity index (χ3n) is 13.0. The molecule has 22 nitrogen and oxygen atoms in total. The molecule has 0 radical (unpaired) electrons. The molecule has 0 saturated heterocycles. The van der Waals surface area contributed by atoms with E-state index in [1.165, 1.54) is 42.5 Å². The van der Waals surface area contributed by atoms with Crippen LogP contribution in [0.25, 0.3) is 0 Å². The van der Waals surface area contributed by atoms with Gasteiger partial charge in [0.15, 0.2) is 0 Å². The normalized spacial score (nSPS) is 11.3. The first kappa shape index (κ1) is 67.1. The molecule has 0 bridgehead atoms. The highest BCUT2D eigenvalue weighted by atomic mass is 19.1. The molecule has 5 aromatic carbocycles. The molecule has 0 aromatic heterocycles. The lowest BCUT2D eigenvalue weighted by molar-refractivity contribution is -0.145. The monoisotopic (exact) mass is 1190 g/mol. The maximum Gasteiger partial charge on any atom is 0.407 e. The van der Waals surface area contributed by atoms with E-state index in [9.17, 15) is 56.7 Å². The van der Waals surface area contributed by atoms with Gasteiger partial charge in [-0.1, -0.05) is 91.0 Å². The first-order valence-corrected chi connectivity index (χ1v) is 27.8. The van der Waals surface area contributed by atoms with Crippen LogP contribution in [0, 0.1) is 11.6 Å². The van der Waals surface area contributed by atoms with E-state index in [1.807, 2.05) is 36.4 Å². The minimum absolute atomic E-state index is 0.0541. The molecule has 6 N–H and O–H groups in total. The number of benzene rings is 5. The standard InChI is InChI=1S/C62H72F2N8O14/c1-83-59(79)51(20-9-11-32-67-61(81)85-41-45-14-5-3-6-15-45)69-55(75)39-71(37-53(73)65-34-30-43-22-26-49(63)27-23-43)57(77)47-18-13-19-48(36-47)58(78)72(38-54(74)66-35-31-44-24-28-50(64)29-25-44)40-56(76)70-52(60(80)84-2)21-10-12-33-68-62(82)86-42-46-16-7-4-8-17-46/h3-8,13-19,22-29,36,51-52H,9-12,20-21,30-35,37-42H2,1-2H3,(H,65,73)(H,66,74)(H,67,81)(H,68,82)(H,69,75)(H,70,76)/t51-,52-/m0/s1. The van der Waals surface area contributed by atoms with E-state index < -0.39 is 109 Å². The van der Waals surface area contributed by atoms with Gasteiger partial charge in [0.05, 0.1) is 14.2 Å². The molecule has 0 fully saturated rings. The van der Waals surface area contributed by atoms with Crippen molar-refractivity contribution in [3.05, 3.63) is 178 Å². The van der Waals surface area contributed by atoms with Crippen molar-refractivity contribution in [3.8, 4) is 0 Å². The molecule has 24 heteroatoms. The SMILES string of the molecule is COC(=O)[C@H](CCCCNC(=O)OCc1ccccc1)NC(=O)CN(CC(=O)NCCc1ccc(F)cc1)C(=O)c1cccc(C(=O)N(CC(=O)NCCc2ccc(F)cc2)CC(=O)N[C@@H](CCCCNC(=O)OCc2ccccc2)C(=O)OC)c1. The highest BCUT2D eigenvalue weighted by Gasteiger charge is 2.29. The molecule has 0 aliphatic heterocycles. The molecule has 0 unspecified atom stereocenters. The molecule has 5 aromatic rings. The number of esters is 2. The van der Waals surface area contributed by atoms with Gasteiger partial charge in [-0.15, -0.1) is 0 Å². The maximum atomic E-state index is 14.5. The fourth-order valence-electron chi connectivity index (χ4n) is 8.49. The van der Waals surface area contributed by atoms with E-state index in [1.54, 1.807) is 48.5 Å². The summed E-state index contributed by atoms with van der Waals surface area (Å²) in [4.78, 5) is 136. The Kier molecular flexibility index (Phi) is 28.7. The third-order valence-corrected chi connectivity index (χ3v) is 13.0. The number of ether oxygens (including phenoxy) is 4. The van der Waals surface area contributed by atoms with Gasteiger partial charge in [0.1, 0.15) is 63.1 Å². The van der Waals surface area contributed by atoms with Crippen LogP contribution in [0.4, 0.5) is 18.4 Å². The number of methoxy groups -OCH3 is 2. The summed E-state index contributed by atoms with van der Waals surface area (Å²) in [7, 11) is 2.25. The Labute approximate surface area is 497 Å². The summed E-state index contributed by atoms with van der Waals surface area (Å²) in [5, 5.41) is 15.7. The molecular weight excluding hydrogens is 1120 g/mol. The lowest BCUT2D eigenvalue weighted by atomic mass is 10.1. The van der Waals surface area contributed by atoms with Gasteiger partial charge in [0.2, 0.25) is 23.6 Å². The summed E-state index contributed by atoms with van der Waals surface area (Å²) in [5.74, 6) is -7.50. The Morgan fingerprint density at radius 2 is 0.791 bits per heavy atom. The van der Waals surface area contributed by atoms with Crippen LogP contribution in [0.15, 0.2) is 133 Å². The van der Waals surface area contributed by atoms with Gasteiger partial charge >= 0.3 is 24.1 Å². The van der Waals surface area contributed by atoms with Crippen LogP contribution in [-0.2, 0) is 73.8 Å². The number of carbonyl (C=O) groups excluding carboxylic acids is 10. The van der Waals surface area contributed by atoms with Crippen molar-refractivity contribution in [2.24, 2.45) is 0 Å². The van der Waals surface area contributed by atoms with Crippen molar-refractivity contribution >= 4 is 59.6 Å². The van der Waals surface area contributed by atoms with Crippen LogP contribution in [-0.4, -0.2) is 148 Å². The average Bonchev–Trinajstić information content (AvgIpc) is 3.37. The number of amides is 8. The largest absolute Gasteiger partial charge is 0.467 e. The molecule has 0 heterocycles. The maximum absolute atomic E-state index is 14.5. The van der Waals surface area contributed by atoms with E-state index in [4.69, 9.17) is 18.9 Å². The van der Waals surface area contributed by atoms with Crippen molar-refractivity contribution < 1.29 is 75.7 Å².